The van der Waals surface area contributed by atoms with E-state index in [4.69, 9.17) is 5.73 Å². The predicted molar refractivity (Wildman–Crippen MR) is 50.6 cm³/mol. The van der Waals surface area contributed by atoms with Crippen molar-refractivity contribution in [1.82, 2.24) is 0 Å². The van der Waals surface area contributed by atoms with Crippen molar-refractivity contribution in [2.24, 2.45) is 5.73 Å². The molecule has 0 fully saturated rings. The van der Waals surface area contributed by atoms with Crippen molar-refractivity contribution in [3.63, 3.8) is 0 Å². The molecule has 0 atom stereocenters. The van der Waals surface area contributed by atoms with Crippen LogP contribution in [-0.2, 0) is 0 Å². The molecule has 0 unspecified atom stereocenters. The number of hydrogen-bond acceptors (Lipinski definition) is 2. The van der Waals surface area contributed by atoms with Gasteiger partial charge in [0, 0.05) is 5.69 Å². The highest BCUT2D eigenvalue weighted by Gasteiger charge is 1.97. The highest BCUT2D eigenvalue weighted by Crippen LogP contribution is 2.09. The summed E-state index contributed by atoms with van der Waals surface area (Å²) in [5.74, 6) is 0. The number of nitrogens with two attached hydrogens (primary N) is 1. The van der Waals surface area contributed by atoms with Gasteiger partial charge in [0.15, 0.2) is 0 Å². The van der Waals surface area contributed by atoms with E-state index >= 15 is 0 Å². The molecule has 1 radical (unpaired) electrons. The van der Waals surface area contributed by atoms with Crippen LogP contribution < -0.4 is 10.6 Å². The van der Waals surface area contributed by atoms with Crippen molar-refractivity contribution < 1.29 is 0 Å². The van der Waals surface area contributed by atoms with Crippen molar-refractivity contribution in [1.29, 1.82) is 0 Å². The van der Waals surface area contributed by atoms with E-state index in [2.05, 4.69) is 17.7 Å². The van der Waals surface area contributed by atoms with Gasteiger partial charge in [-0.1, -0.05) is 30.4 Å². The van der Waals surface area contributed by atoms with Gasteiger partial charge < -0.3 is 10.6 Å². The van der Waals surface area contributed by atoms with E-state index in [1.807, 2.05) is 30.3 Å². The molecule has 2 N–H and O–H groups in total. The Morgan fingerprint density at radius 3 is 2.45 bits per heavy atom. The Hall–Kier alpha value is -0.930. The lowest BCUT2D eigenvalue weighted by Crippen LogP contribution is -2.27. The maximum atomic E-state index is 5.41. The molecule has 0 aliphatic carbocycles. The minimum atomic E-state index is 0.369. The molecule has 1 rings (SSSR count). The maximum Gasteiger partial charge on any atom is 0.142 e. The summed E-state index contributed by atoms with van der Waals surface area (Å²) in [4.78, 5) is 1.68. The highest BCUT2D eigenvalue weighted by molar-refractivity contribution is 7.79. The number of rotatable bonds is 3. The molecular weight excluding hydrogens is 156 g/mol. The van der Waals surface area contributed by atoms with Gasteiger partial charge in [-0.3, -0.25) is 0 Å². The maximum absolute atomic E-state index is 5.41. The summed E-state index contributed by atoms with van der Waals surface area (Å²) in [5.41, 5.74) is 8.95. The van der Waals surface area contributed by atoms with Gasteiger partial charge in [-0.2, -0.15) is 0 Å². The number of hydrogen-bond donors (Lipinski definition) is 1. The first-order valence-corrected chi connectivity index (χ1v) is 3.69. The molecule has 0 saturated heterocycles. The Morgan fingerprint density at radius 1 is 1.36 bits per heavy atom. The van der Waals surface area contributed by atoms with Crippen LogP contribution in [0.25, 0.3) is 0 Å². The summed E-state index contributed by atoms with van der Waals surface area (Å²) in [5, 5.41) is 0. The lowest BCUT2D eigenvalue weighted by Gasteiger charge is -2.14. The average molecular weight is 165 g/mol. The highest BCUT2D eigenvalue weighted by atomic mass is 32.1. The molecule has 0 aromatic heterocycles. The molecule has 1 aromatic carbocycles. The van der Waals surface area contributed by atoms with E-state index in [9.17, 15) is 0 Å². The Balaban J connectivity index is 2.82. The smallest absolute Gasteiger partial charge is 0.142 e. The molecule has 0 amide bonds. The number of nitrogens with zero attached hydrogens (tertiary/aromatic N) is 1. The molecule has 0 bridgehead atoms. The van der Waals surface area contributed by atoms with Crippen LogP contribution in [0.4, 0.5) is 5.69 Å². The molecule has 1 aromatic rings. The van der Waals surface area contributed by atoms with E-state index in [1.54, 1.807) is 4.90 Å². The normalized spacial score (nSPS) is 9.18. The first-order valence-electron chi connectivity index (χ1n) is 3.29. The van der Waals surface area contributed by atoms with Gasteiger partial charge in [0.05, 0.1) is 6.67 Å². The summed E-state index contributed by atoms with van der Waals surface area (Å²) in [6, 6.07) is 9.69. The van der Waals surface area contributed by atoms with E-state index in [1.165, 1.54) is 0 Å². The third-order valence-corrected chi connectivity index (χ3v) is 1.58. The minimum Gasteiger partial charge on any atom is -0.317 e. The van der Waals surface area contributed by atoms with E-state index in [0.29, 0.717) is 6.67 Å². The van der Waals surface area contributed by atoms with Gasteiger partial charge in [-0.25, -0.2) is 0 Å². The van der Waals surface area contributed by atoms with E-state index in [-0.39, 0.29) is 0 Å². The lowest BCUT2D eigenvalue weighted by molar-refractivity contribution is 1.03. The third kappa shape index (κ3) is 2.00. The zero-order valence-electron chi connectivity index (χ0n) is 6.03. The molecule has 2 nitrogen and oxygen atoms in total. The molecule has 0 saturated carbocycles. The van der Waals surface area contributed by atoms with Gasteiger partial charge in [0.1, 0.15) is 5.49 Å². The molecule has 3 heteroatoms. The molecule has 0 aliphatic rings. The minimum absolute atomic E-state index is 0.369. The lowest BCUT2D eigenvalue weighted by atomic mass is 10.3. The van der Waals surface area contributed by atoms with Gasteiger partial charge in [-0.05, 0) is 12.1 Å². The monoisotopic (exact) mass is 165 g/mol. The van der Waals surface area contributed by atoms with E-state index in [0.717, 1.165) is 5.69 Å². The summed E-state index contributed by atoms with van der Waals surface area (Å²) in [6.07, 6.45) is 0. The van der Waals surface area contributed by atoms with Gasteiger partial charge in [-0.15, -0.1) is 0 Å². The summed E-state index contributed by atoms with van der Waals surface area (Å²) < 4.78 is 0. The van der Waals surface area contributed by atoms with Gasteiger partial charge >= 0.3 is 0 Å². The second-order valence-electron chi connectivity index (χ2n) is 2.04. The van der Waals surface area contributed by atoms with Crippen LogP contribution in [0.1, 0.15) is 0 Å². The Morgan fingerprint density at radius 2 is 2.00 bits per heavy atom. The zero-order valence-corrected chi connectivity index (χ0v) is 6.84. The molecule has 0 aliphatic heterocycles. The van der Waals surface area contributed by atoms with Crippen molar-refractivity contribution in [3.05, 3.63) is 30.3 Å². The summed E-state index contributed by atoms with van der Waals surface area (Å²) in [7, 11) is 0. The number of thiocarbonyl (C=S) groups is 1. The zero-order chi connectivity index (χ0) is 8.10. The van der Waals surface area contributed by atoms with Crippen LogP contribution in [0.2, 0.25) is 0 Å². The predicted octanol–water partition coefficient (Wildman–Crippen LogP) is 1.24. The fourth-order valence-electron chi connectivity index (χ4n) is 0.803. The van der Waals surface area contributed by atoms with Crippen molar-refractivity contribution in [2.75, 3.05) is 11.6 Å². The molecule has 11 heavy (non-hydrogen) atoms. The first kappa shape index (κ1) is 8.17. The average Bonchev–Trinajstić information content (AvgIpc) is 2.09. The van der Waals surface area contributed by atoms with Crippen molar-refractivity contribution in [2.45, 2.75) is 0 Å². The first-order chi connectivity index (χ1) is 5.38. The second-order valence-corrected chi connectivity index (χ2v) is 2.22. The molecular formula is C8H9N2S. The Labute approximate surface area is 71.6 Å². The molecule has 0 heterocycles. The fraction of sp³-hybridized carbons (Fsp3) is 0.125. The number of para-hydroxylation sites is 1. The van der Waals surface area contributed by atoms with E-state index < -0.39 is 0 Å². The quantitative estimate of drug-likeness (QED) is 0.415. The SMILES string of the molecule is NCN([C]=S)c1ccccc1. The van der Waals surface area contributed by atoms with Crippen LogP contribution in [0.3, 0.4) is 0 Å². The second kappa shape index (κ2) is 4.05. The topological polar surface area (TPSA) is 29.3 Å². The van der Waals surface area contributed by atoms with Crippen LogP contribution in [-0.4, -0.2) is 12.2 Å². The molecule has 57 valence electrons. The van der Waals surface area contributed by atoms with Crippen molar-refractivity contribution >= 4 is 23.4 Å². The van der Waals surface area contributed by atoms with Gasteiger partial charge in [0.25, 0.3) is 0 Å². The van der Waals surface area contributed by atoms with Crippen LogP contribution in [0.15, 0.2) is 30.3 Å². The van der Waals surface area contributed by atoms with Crippen molar-refractivity contribution in [3.8, 4) is 0 Å². The fourth-order valence-corrected chi connectivity index (χ4v) is 0.983. The van der Waals surface area contributed by atoms with Crippen LogP contribution in [0, 0.1) is 0 Å². The number of anilines is 1. The molecule has 0 spiro atoms. The summed E-state index contributed by atoms with van der Waals surface area (Å²) in [6.45, 7) is 0.369. The Bertz CT molecular complexity index is 223. The Kier molecular flexibility index (Phi) is 3.01. The van der Waals surface area contributed by atoms with Crippen LogP contribution >= 0.6 is 12.2 Å². The number of benzene rings is 1. The summed E-state index contributed by atoms with van der Waals surface area (Å²) >= 11 is 4.65. The standard InChI is InChI=1S/C8H9N2S/c9-6-10(7-11)8-4-2-1-3-5-8/h1-5H,6,9H2. The van der Waals surface area contributed by atoms with Gasteiger partial charge in [0.2, 0.25) is 0 Å². The third-order valence-electron chi connectivity index (χ3n) is 1.36. The largest absolute Gasteiger partial charge is 0.317 e. The van der Waals surface area contributed by atoms with Crippen LogP contribution in [0.5, 0.6) is 0 Å².